The van der Waals surface area contributed by atoms with E-state index in [-0.39, 0.29) is 12.4 Å². The van der Waals surface area contributed by atoms with Crippen LogP contribution < -0.4 is 11.5 Å². The fourth-order valence-corrected chi connectivity index (χ4v) is 2.09. The zero-order valence-corrected chi connectivity index (χ0v) is 10.5. The van der Waals surface area contributed by atoms with E-state index in [2.05, 4.69) is 4.98 Å². The predicted molar refractivity (Wildman–Crippen MR) is 71.7 cm³/mol. The van der Waals surface area contributed by atoms with Crippen molar-refractivity contribution in [2.75, 3.05) is 0 Å². The van der Waals surface area contributed by atoms with Crippen molar-refractivity contribution in [3.05, 3.63) is 64.0 Å². The van der Waals surface area contributed by atoms with E-state index >= 15 is 0 Å². The number of pyridine rings is 1. The molecule has 0 saturated heterocycles. The number of halogens is 1. The maximum atomic E-state index is 13.8. The van der Waals surface area contributed by atoms with Gasteiger partial charge in [-0.2, -0.15) is 0 Å². The van der Waals surface area contributed by atoms with Gasteiger partial charge in [-0.25, -0.2) is 14.2 Å². The largest absolute Gasteiger partial charge is 0.421 e. The summed E-state index contributed by atoms with van der Waals surface area (Å²) in [5.74, 6) is -0.948. The van der Waals surface area contributed by atoms with Crippen LogP contribution in [0.5, 0.6) is 0 Å². The summed E-state index contributed by atoms with van der Waals surface area (Å²) in [6.45, 7) is 0.370. The van der Waals surface area contributed by atoms with Crippen molar-refractivity contribution in [1.29, 1.82) is 0 Å². The second-order valence-corrected chi connectivity index (χ2v) is 4.41. The number of hydrogen-bond donors (Lipinski definition) is 1. The Hall–Kier alpha value is -2.47. The fourth-order valence-electron chi connectivity index (χ4n) is 2.09. The van der Waals surface area contributed by atoms with Gasteiger partial charge in [0.1, 0.15) is 5.82 Å². The highest BCUT2D eigenvalue weighted by atomic mass is 19.1. The van der Waals surface area contributed by atoms with E-state index in [1.807, 2.05) is 0 Å². The van der Waals surface area contributed by atoms with Gasteiger partial charge in [0, 0.05) is 18.3 Å². The molecule has 2 aromatic heterocycles. The van der Waals surface area contributed by atoms with E-state index in [9.17, 15) is 9.18 Å². The molecule has 0 saturated carbocycles. The molecule has 0 aliphatic carbocycles. The summed E-state index contributed by atoms with van der Waals surface area (Å²) >= 11 is 0. The van der Waals surface area contributed by atoms with E-state index in [0.717, 1.165) is 5.56 Å². The van der Waals surface area contributed by atoms with Crippen LogP contribution in [-0.4, -0.2) is 9.55 Å². The molecule has 0 amide bonds. The minimum Gasteiger partial charge on any atom is -0.406 e. The number of fused-ring (bicyclic) bond motifs is 1. The zero-order chi connectivity index (χ0) is 14.1. The normalized spacial score (nSPS) is 11.1. The molecule has 1 aromatic carbocycles. The van der Waals surface area contributed by atoms with Crippen molar-refractivity contribution in [3.8, 4) is 0 Å². The van der Waals surface area contributed by atoms with Crippen molar-refractivity contribution >= 4 is 11.2 Å². The second kappa shape index (κ2) is 4.90. The number of oxazole rings is 1. The summed E-state index contributed by atoms with van der Waals surface area (Å²) in [5.41, 5.74) is 7.50. The van der Waals surface area contributed by atoms with E-state index in [1.165, 1.54) is 10.6 Å². The Balaban J connectivity index is 2.09. The molecule has 5 nitrogen and oxygen atoms in total. The lowest BCUT2D eigenvalue weighted by atomic mass is 10.1. The molecule has 6 heteroatoms. The van der Waals surface area contributed by atoms with Crippen molar-refractivity contribution in [3.63, 3.8) is 0 Å². The minimum absolute atomic E-state index is 0.0581. The van der Waals surface area contributed by atoms with Crippen LogP contribution in [0.1, 0.15) is 11.1 Å². The molecule has 3 aromatic rings. The molecule has 0 atom stereocenters. The van der Waals surface area contributed by atoms with Gasteiger partial charge in [0.25, 0.3) is 0 Å². The second-order valence-electron chi connectivity index (χ2n) is 4.41. The van der Waals surface area contributed by atoms with Crippen LogP contribution in [0.4, 0.5) is 4.39 Å². The van der Waals surface area contributed by atoms with Gasteiger partial charge < -0.3 is 10.2 Å². The molecule has 0 fully saturated rings. The van der Waals surface area contributed by atoms with E-state index in [4.69, 9.17) is 10.2 Å². The van der Waals surface area contributed by atoms with E-state index in [1.54, 1.807) is 30.5 Å². The van der Waals surface area contributed by atoms with Crippen LogP contribution >= 0.6 is 0 Å². The Kier molecular flexibility index (Phi) is 3.08. The highest BCUT2D eigenvalue weighted by molar-refractivity contribution is 5.67. The lowest BCUT2D eigenvalue weighted by Crippen LogP contribution is -2.16. The van der Waals surface area contributed by atoms with Crippen LogP contribution in [0.2, 0.25) is 0 Å². The topological polar surface area (TPSA) is 74.0 Å². The monoisotopic (exact) mass is 273 g/mol. The molecule has 0 spiro atoms. The van der Waals surface area contributed by atoms with Gasteiger partial charge in [-0.15, -0.1) is 0 Å². The predicted octanol–water partition coefficient (Wildman–Crippen LogP) is 1.64. The van der Waals surface area contributed by atoms with Crippen LogP contribution in [-0.2, 0) is 13.1 Å². The molecule has 0 aliphatic heterocycles. The van der Waals surface area contributed by atoms with Crippen LogP contribution in [0.3, 0.4) is 0 Å². The number of benzene rings is 1. The highest BCUT2D eigenvalue weighted by Gasteiger charge is 2.12. The number of aromatic nitrogens is 2. The molecule has 102 valence electrons. The summed E-state index contributed by atoms with van der Waals surface area (Å²) in [6.07, 6.45) is 1.56. The third-order valence-electron chi connectivity index (χ3n) is 3.10. The van der Waals surface area contributed by atoms with Crippen molar-refractivity contribution in [2.45, 2.75) is 13.1 Å². The molecule has 0 unspecified atom stereocenters. The third kappa shape index (κ3) is 2.10. The molecule has 3 rings (SSSR count). The third-order valence-corrected chi connectivity index (χ3v) is 3.10. The summed E-state index contributed by atoms with van der Waals surface area (Å²) < 4.78 is 20.2. The van der Waals surface area contributed by atoms with E-state index < -0.39 is 5.76 Å². The summed E-state index contributed by atoms with van der Waals surface area (Å²) in [4.78, 5) is 15.9. The van der Waals surface area contributed by atoms with Gasteiger partial charge in [-0.3, -0.25) is 4.57 Å². The Morgan fingerprint density at radius 3 is 3.00 bits per heavy atom. The fraction of sp³-hybridized carbons (Fsp3) is 0.143. The van der Waals surface area contributed by atoms with Gasteiger partial charge in [0.2, 0.25) is 0 Å². The molecule has 0 aliphatic rings. The Morgan fingerprint density at radius 2 is 2.20 bits per heavy atom. The Morgan fingerprint density at radius 1 is 1.35 bits per heavy atom. The molecule has 2 heterocycles. The average Bonchev–Trinajstić information content (AvgIpc) is 2.77. The van der Waals surface area contributed by atoms with Gasteiger partial charge in [0.15, 0.2) is 11.2 Å². The van der Waals surface area contributed by atoms with Crippen LogP contribution in [0.15, 0.2) is 45.7 Å². The van der Waals surface area contributed by atoms with Crippen molar-refractivity contribution in [2.24, 2.45) is 5.73 Å². The molecule has 20 heavy (non-hydrogen) atoms. The van der Waals surface area contributed by atoms with Crippen LogP contribution in [0, 0.1) is 5.82 Å². The van der Waals surface area contributed by atoms with Gasteiger partial charge >= 0.3 is 5.76 Å². The lowest BCUT2D eigenvalue weighted by Gasteiger charge is -2.06. The Labute approximate surface area is 113 Å². The lowest BCUT2D eigenvalue weighted by molar-refractivity contribution is 0.511. The molecule has 2 N–H and O–H groups in total. The number of rotatable bonds is 3. The standard InChI is InChI=1S/C14H12FN3O2/c15-11-4-3-9(7-16)6-10(11)8-18-13-12(20-14(18)19)2-1-5-17-13/h1-6H,7-8,16H2. The summed E-state index contributed by atoms with van der Waals surface area (Å²) in [6, 6.07) is 7.92. The maximum absolute atomic E-state index is 13.8. The minimum atomic E-state index is -0.559. The quantitative estimate of drug-likeness (QED) is 0.787. The summed E-state index contributed by atoms with van der Waals surface area (Å²) in [7, 11) is 0. The molecule has 0 radical (unpaired) electrons. The SMILES string of the molecule is NCc1ccc(F)c(Cn2c(=O)oc3cccnc32)c1. The first kappa shape index (κ1) is 12.6. The number of nitrogens with zero attached hydrogens (tertiary/aromatic N) is 2. The maximum Gasteiger partial charge on any atom is 0.421 e. The van der Waals surface area contributed by atoms with Crippen molar-refractivity contribution < 1.29 is 8.81 Å². The number of hydrogen-bond acceptors (Lipinski definition) is 4. The first-order valence-corrected chi connectivity index (χ1v) is 6.11. The highest BCUT2D eigenvalue weighted by Crippen LogP contribution is 2.15. The first-order valence-electron chi connectivity index (χ1n) is 6.11. The van der Waals surface area contributed by atoms with Gasteiger partial charge in [-0.05, 0) is 29.8 Å². The van der Waals surface area contributed by atoms with Crippen LogP contribution in [0.25, 0.3) is 11.2 Å². The smallest absolute Gasteiger partial charge is 0.406 e. The zero-order valence-electron chi connectivity index (χ0n) is 10.5. The first-order chi connectivity index (χ1) is 9.69. The Bertz CT molecular complexity index is 823. The van der Waals surface area contributed by atoms with Gasteiger partial charge in [0.05, 0.1) is 6.54 Å². The average molecular weight is 273 g/mol. The number of nitrogens with two attached hydrogens (primary N) is 1. The van der Waals surface area contributed by atoms with Gasteiger partial charge in [-0.1, -0.05) is 6.07 Å². The molecule has 0 bridgehead atoms. The van der Waals surface area contributed by atoms with Crippen molar-refractivity contribution in [1.82, 2.24) is 9.55 Å². The summed E-state index contributed by atoms with van der Waals surface area (Å²) in [5, 5.41) is 0. The van der Waals surface area contributed by atoms with E-state index in [0.29, 0.717) is 23.3 Å². The molecular formula is C14H12FN3O2. The molecular weight excluding hydrogens is 261 g/mol.